The summed E-state index contributed by atoms with van der Waals surface area (Å²) in [6.07, 6.45) is 1.40. The summed E-state index contributed by atoms with van der Waals surface area (Å²) in [7, 11) is 1.63. The van der Waals surface area contributed by atoms with Crippen LogP contribution in [0.25, 0.3) is 11.0 Å². The van der Waals surface area contributed by atoms with Gasteiger partial charge in [0, 0.05) is 13.2 Å². The third-order valence-electron chi connectivity index (χ3n) is 2.04. The molecule has 2 rings (SSSR count). The average molecular weight is 190 g/mol. The summed E-state index contributed by atoms with van der Waals surface area (Å²) >= 11 is 0. The van der Waals surface area contributed by atoms with E-state index in [9.17, 15) is 4.79 Å². The van der Waals surface area contributed by atoms with Crippen LogP contribution >= 0.6 is 0 Å². The molecule has 0 saturated heterocycles. The minimum atomic E-state index is -0.0183. The molecule has 1 heterocycles. The molecule has 1 aromatic heterocycles. The van der Waals surface area contributed by atoms with E-state index in [1.807, 2.05) is 12.1 Å². The van der Waals surface area contributed by atoms with E-state index in [4.69, 9.17) is 9.15 Å². The Morgan fingerprint density at radius 3 is 3.00 bits per heavy atom. The van der Waals surface area contributed by atoms with Crippen molar-refractivity contribution in [3.8, 4) is 0 Å². The van der Waals surface area contributed by atoms with Crippen LogP contribution in [-0.4, -0.2) is 7.11 Å². The molecule has 3 heteroatoms. The Hall–Kier alpha value is -1.61. The van der Waals surface area contributed by atoms with Gasteiger partial charge in [0.1, 0.15) is 5.58 Å². The van der Waals surface area contributed by atoms with Crippen molar-refractivity contribution in [3.63, 3.8) is 0 Å². The number of fused-ring (bicyclic) bond motifs is 1. The van der Waals surface area contributed by atoms with Crippen molar-refractivity contribution in [3.05, 3.63) is 46.3 Å². The number of methoxy groups -OCH3 is 1. The standard InChI is InChI=1S/C11H10O3/c1-13-7-8-2-3-9-10(12)4-5-14-11(9)6-8/h2-6H,7H2,1H3. The van der Waals surface area contributed by atoms with Crippen molar-refractivity contribution >= 4 is 11.0 Å². The zero-order valence-electron chi connectivity index (χ0n) is 7.82. The Morgan fingerprint density at radius 2 is 2.21 bits per heavy atom. The molecule has 0 N–H and O–H groups in total. The van der Waals surface area contributed by atoms with Crippen LogP contribution in [0.1, 0.15) is 5.56 Å². The van der Waals surface area contributed by atoms with Crippen molar-refractivity contribution in [1.82, 2.24) is 0 Å². The molecule has 0 saturated carbocycles. The zero-order chi connectivity index (χ0) is 9.97. The normalized spacial score (nSPS) is 10.6. The van der Waals surface area contributed by atoms with Crippen molar-refractivity contribution in [2.75, 3.05) is 7.11 Å². The lowest BCUT2D eigenvalue weighted by Gasteiger charge is -2.00. The van der Waals surface area contributed by atoms with Gasteiger partial charge in [-0.25, -0.2) is 0 Å². The molecule has 0 radical (unpaired) electrons. The minimum Gasteiger partial charge on any atom is -0.464 e. The molecule has 3 nitrogen and oxygen atoms in total. The lowest BCUT2D eigenvalue weighted by atomic mass is 10.1. The maximum Gasteiger partial charge on any atom is 0.192 e. The molecule has 0 atom stereocenters. The molecule has 1 aromatic carbocycles. The van der Waals surface area contributed by atoms with E-state index >= 15 is 0 Å². The average Bonchev–Trinajstić information content (AvgIpc) is 2.18. The van der Waals surface area contributed by atoms with Crippen LogP contribution in [0.15, 0.2) is 39.7 Å². The first-order chi connectivity index (χ1) is 6.81. The van der Waals surface area contributed by atoms with Crippen LogP contribution in [-0.2, 0) is 11.3 Å². The highest BCUT2D eigenvalue weighted by atomic mass is 16.5. The number of benzene rings is 1. The SMILES string of the molecule is COCc1ccc2c(=O)ccoc2c1. The van der Waals surface area contributed by atoms with Crippen LogP contribution in [0.4, 0.5) is 0 Å². The second-order valence-electron chi connectivity index (χ2n) is 3.05. The number of rotatable bonds is 2. The highest BCUT2D eigenvalue weighted by Crippen LogP contribution is 2.12. The summed E-state index contributed by atoms with van der Waals surface area (Å²) < 4.78 is 10.2. The zero-order valence-corrected chi connectivity index (χ0v) is 7.82. The quantitative estimate of drug-likeness (QED) is 0.726. The predicted molar refractivity (Wildman–Crippen MR) is 53.2 cm³/mol. The largest absolute Gasteiger partial charge is 0.464 e. The van der Waals surface area contributed by atoms with Crippen LogP contribution in [0, 0.1) is 0 Å². The topological polar surface area (TPSA) is 39.4 Å². The maximum absolute atomic E-state index is 11.4. The molecule has 0 unspecified atom stereocenters. The lowest BCUT2D eigenvalue weighted by molar-refractivity contribution is 0.185. The van der Waals surface area contributed by atoms with Gasteiger partial charge < -0.3 is 9.15 Å². The number of hydrogen-bond donors (Lipinski definition) is 0. The van der Waals surface area contributed by atoms with E-state index in [-0.39, 0.29) is 5.43 Å². The van der Waals surface area contributed by atoms with E-state index in [1.165, 1.54) is 12.3 Å². The van der Waals surface area contributed by atoms with Gasteiger partial charge in [0.05, 0.1) is 18.3 Å². The van der Waals surface area contributed by atoms with Gasteiger partial charge in [-0.1, -0.05) is 6.07 Å². The van der Waals surface area contributed by atoms with Crippen LogP contribution < -0.4 is 5.43 Å². The van der Waals surface area contributed by atoms with Crippen LogP contribution in [0.5, 0.6) is 0 Å². The van der Waals surface area contributed by atoms with Crippen LogP contribution in [0.3, 0.4) is 0 Å². The Kier molecular flexibility index (Phi) is 2.33. The molecule has 0 bridgehead atoms. The van der Waals surface area contributed by atoms with Gasteiger partial charge >= 0.3 is 0 Å². The van der Waals surface area contributed by atoms with E-state index in [0.29, 0.717) is 17.6 Å². The molecule has 0 spiro atoms. The summed E-state index contributed by atoms with van der Waals surface area (Å²) in [6, 6.07) is 6.86. The van der Waals surface area contributed by atoms with Gasteiger partial charge in [0.2, 0.25) is 0 Å². The first-order valence-corrected chi connectivity index (χ1v) is 4.30. The third-order valence-corrected chi connectivity index (χ3v) is 2.04. The lowest BCUT2D eigenvalue weighted by Crippen LogP contribution is -1.98. The highest BCUT2D eigenvalue weighted by Gasteiger charge is 2.00. The Bertz CT molecular complexity index is 499. The van der Waals surface area contributed by atoms with Crippen molar-refractivity contribution in [1.29, 1.82) is 0 Å². The summed E-state index contributed by atoms with van der Waals surface area (Å²) in [6.45, 7) is 0.522. The minimum absolute atomic E-state index is 0.0183. The van der Waals surface area contributed by atoms with E-state index in [2.05, 4.69) is 0 Å². The summed E-state index contributed by atoms with van der Waals surface area (Å²) in [5.41, 5.74) is 1.58. The van der Waals surface area contributed by atoms with Crippen LogP contribution in [0.2, 0.25) is 0 Å². The molecule has 0 aliphatic rings. The first kappa shape index (κ1) is 8.97. The van der Waals surface area contributed by atoms with Gasteiger partial charge in [0.15, 0.2) is 5.43 Å². The number of hydrogen-bond acceptors (Lipinski definition) is 3. The fourth-order valence-electron chi connectivity index (χ4n) is 1.38. The fraction of sp³-hybridized carbons (Fsp3) is 0.182. The summed E-state index contributed by atoms with van der Waals surface area (Å²) in [4.78, 5) is 11.4. The maximum atomic E-state index is 11.4. The summed E-state index contributed by atoms with van der Waals surface area (Å²) in [5.74, 6) is 0. The highest BCUT2D eigenvalue weighted by molar-refractivity contribution is 5.76. The van der Waals surface area contributed by atoms with Gasteiger partial charge in [-0.05, 0) is 17.7 Å². The molecule has 0 amide bonds. The second kappa shape index (κ2) is 3.64. The smallest absolute Gasteiger partial charge is 0.192 e. The molecule has 0 fully saturated rings. The Morgan fingerprint density at radius 1 is 1.36 bits per heavy atom. The Balaban J connectivity index is 2.61. The molecular weight excluding hydrogens is 180 g/mol. The van der Waals surface area contributed by atoms with Gasteiger partial charge in [-0.3, -0.25) is 4.79 Å². The number of ether oxygens (including phenoxy) is 1. The van der Waals surface area contributed by atoms with Gasteiger partial charge in [-0.2, -0.15) is 0 Å². The first-order valence-electron chi connectivity index (χ1n) is 4.30. The summed E-state index contributed by atoms with van der Waals surface area (Å²) in [5, 5.41) is 0.604. The second-order valence-corrected chi connectivity index (χ2v) is 3.05. The van der Waals surface area contributed by atoms with Gasteiger partial charge in [-0.15, -0.1) is 0 Å². The molecular formula is C11H10O3. The molecule has 0 aliphatic carbocycles. The monoisotopic (exact) mass is 190 g/mol. The van der Waals surface area contributed by atoms with Crippen molar-refractivity contribution in [2.24, 2.45) is 0 Å². The molecule has 2 aromatic rings. The third kappa shape index (κ3) is 1.54. The van der Waals surface area contributed by atoms with E-state index in [0.717, 1.165) is 5.56 Å². The van der Waals surface area contributed by atoms with Crippen molar-refractivity contribution in [2.45, 2.75) is 6.61 Å². The van der Waals surface area contributed by atoms with E-state index in [1.54, 1.807) is 13.2 Å². The van der Waals surface area contributed by atoms with Gasteiger partial charge in [0.25, 0.3) is 0 Å². The molecule has 14 heavy (non-hydrogen) atoms. The molecule has 0 aliphatic heterocycles. The Labute approximate surface area is 80.9 Å². The fourth-order valence-corrected chi connectivity index (χ4v) is 1.38. The van der Waals surface area contributed by atoms with Crippen molar-refractivity contribution < 1.29 is 9.15 Å². The molecule has 72 valence electrons. The predicted octanol–water partition coefficient (Wildman–Crippen LogP) is 1.94. The van der Waals surface area contributed by atoms with E-state index < -0.39 is 0 Å².